The first-order valence-corrected chi connectivity index (χ1v) is 11.9. The molecule has 0 saturated heterocycles. The molecular weight excluding hydrogens is 549 g/mol. The van der Waals surface area contributed by atoms with E-state index in [0.717, 1.165) is 29.5 Å². The predicted octanol–water partition coefficient (Wildman–Crippen LogP) is 2.20. The summed E-state index contributed by atoms with van der Waals surface area (Å²) in [5.74, 6) is -2.47. The quantitative estimate of drug-likeness (QED) is 0.198. The van der Waals surface area contributed by atoms with E-state index >= 15 is 0 Å². The second-order valence-corrected chi connectivity index (χ2v) is 8.85. The summed E-state index contributed by atoms with van der Waals surface area (Å²) in [7, 11) is 1.93. The number of para-hydroxylation sites is 1. The van der Waals surface area contributed by atoms with Crippen LogP contribution in [0.1, 0.15) is 37.5 Å². The minimum absolute atomic E-state index is 0. The van der Waals surface area contributed by atoms with Crippen molar-refractivity contribution in [1.29, 1.82) is 0 Å². The van der Waals surface area contributed by atoms with Gasteiger partial charge in [-0.05, 0) is 54.6 Å². The van der Waals surface area contributed by atoms with E-state index in [1.807, 2.05) is 35.3 Å². The van der Waals surface area contributed by atoms with E-state index in [0.29, 0.717) is 13.1 Å². The molecular formula is C28H26ClF3N4O4. The van der Waals surface area contributed by atoms with E-state index in [-0.39, 0.29) is 46.3 Å². The number of hydrogen-bond donors (Lipinski definition) is 5. The van der Waals surface area contributed by atoms with Crippen LogP contribution in [0.3, 0.4) is 0 Å². The number of alkyl halides is 3. The Bertz CT molecular complexity index is 1520. The zero-order valence-corrected chi connectivity index (χ0v) is 21.9. The fourth-order valence-electron chi connectivity index (χ4n) is 4.10. The van der Waals surface area contributed by atoms with Gasteiger partial charge in [-0.25, -0.2) is 9.59 Å². The standard InChI is InChI=1S/C28H25F3N4O4.ClH/c1-35-12-4-5-19(35)16-32-15-17-8-10-23(21(13-17)27(38)39)34-25-14-18(28(29,30)31)9-11-24(25)33-22-7-3-2-6-20(22)26(36)37;/h2-14,32-34H,15-16H2,1H3,(H,36,37)(H,38,39);1H. The third kappa shape index (κ3) is 7.13. The van der Waals surface area contributed by atoms with E-state index in [1.165, 1.54) is 30.3 Å². The summed E-state index contributed by atoms with van der Waals surface area (Å²) in [6, 6.07) is 17.4. The van der Waals surface area contributed by atoms with Crippen LogP contribution in [0.15, 0.2) is 79.0 Å². The van der Waals surface area contributed by atoms with Crippen LogP contribution in [0.2, 0.25) is 0 Å². The number of quaternary nitrogens is 1. The fraction of sp³-hybridized carbons (Fsp3) is 0.143. The Labute approximate surface area is 233 Å². The number of anilines is 4. The van der Waals surface area contributed by atoms with E-state index in [9.17, 15) is 33.0 Å². The number of benzene rings is 3. The Balaban J connectivity index is 0.00000441. The summed E-state index contributed by atoms with van der Waals surface area (Å²) in [4.78, 5) is 23.7. The van der Waals surface area contributed by atoms with Crippen LogP contribution < -0.4 is 28.4 Å². The zero-order chi connectivity index (χ0) is 28.2. The summed E-state index contributed by atoms with van der Waals surface area (Å²) < 4.78 is 42.5. The smallest absolute Gasteiger partial charge is 0.416 e. The lowest BCUT2D eigenvalue weighted by Crippen LogP contribution is -3.00. The lowest BCUT2D eigenvalue weighted by atomic mass is 10.1. The summed E-state index contributed by atoms with van der Waals surface area (Å²) in [6.45, 7) is 1.18. The van der Waals surface area contributed by atoms with Crippen molar-refractivity contribution >= 4 is 34.7 Å². The number of carboxylic acids is 2. The molecule has 210 valence electrons. The molecule has 0 radical (unpaired) electrons. The number of carbonyl (C=O) groups is 2. The SMILES string of the molecule is Cn1cccc1C[NH2+]Cc1ccc(Nc2cc(C(F)(F)F)ccc2Nc2ccccc2C(=O)O)c(C(=O)O)c1.[Cl-]. The van der Waals surface area contributed by atoms with Crippen LogP contribution in [0, 0.1) is 0 Å². The topological polar surface area (TPSA) is 120 Å². The lowest BCUT2D eigenvalue weighted by Gasteiger charge is -2.19. The van der Waals surface area contributed by atoms with Crippen LogP contribution in [-0.4, -0.2) is 26.7 Å². The maximum absolute atomic E-state index is 13.5. The van der Waals surface area contributed by atoms with Gasteiger partial charge in [-0.1, -0.05) is 18.2 Å². The van der Waals surface area contributed by atoms with Gasteiger partial charge in [0, 0.05) is 18.8 Å². The molecule has 1 aromatic heterocycles. The molecule has 0 bridgehead atoms. The molecule has 4 aromatic rings. The molecule has 40 heavy (non-hydrogen) atoms. The number of nitrogens with two attached hydrogens (primary N) is 1. The molecule has 0 amide bonds. The van der Waals surface area contributed by atoms with Crippen LogP contribution in [-0.2, 0) is 26.3 Å². The molecule has 0 spiro atoms. The summed E-state index contributed by atoms with van der Waals surface area (Å²) in [5, 5.41) is 27.0. The number of hydrogen-bond acceptors (Lipinski definition) is 4. The van der Waals surface area contributed by atoms with Crippen molar-refractivity contribution in [3.8, 4) is 0 Å². The molecule has 8 nitrogen and oxygen atoms in total. The van der Waals surface area contributed by atoms with Crippen LogP contribution >= 0.6 is 0 Å². The third-order valence-electron chi connectivity index (χ3n) is 6.14. The number of aryl methyl sites for hydroxylation is 1. The molecule has 0 saturated carbocycles. The highest BCUT2D eigenvalue weighted by molar-refractivity contribution is 5.98. The molecule has 12 heteroatoms. The molecule has 0 atom stereocenters. The van der Waals surface area contributed by atoms with E-state index in [1.54, 1.807) is 12.1 Å². The summed E-state index contributed by atoms with van der Waals surface area (Å²) >= 11 is 0. The second kappa shape index (κ2) is 12.6. The molecule has 6 N–H and O–H groups in total. The van der Waals surface area contributed by atoms with Gasteiger partial charge in [0.15, 0.2) is 0 Å². The van der Waals surface area contributed by atoms with Crippen molar-refractivity contribution in [2.75, 3.05) is 10.6 Å². The fourth-order valence-corrected chi connectivity index (χ4v) is 4.10. The van der Waals surface area contributed by atoms with Gasteiger partial charge in [-0.3, -0.25) is 0 Å². The predicted molar refractivity (Wildman–Crippen MR) is 140 cm³/mol. The first-order valence-electron chi connectivity index (χ1n) is 11.9. The number of nitrogens with one attached hydrogen (secondary N) is 2. The van der Waals surface area contributed by atoms with Crippen molar-refractivity contribution in [3.63, 3.8) is 0 Å². The normalized spacial score (nSPS) is 11.0. The van der Waals surface area contributed by atoms with Gasteiger partial charge in [-0.2, -0.15) is 13.2 Å². The van der Waals surface area contributed by atoms with Gasteiger partial charge in [-0.15, -0.1) is 0 Å². The third-order valence-corrected chi connectivity index (χ3v) is 6.14. The van der Waals surface area contributed by atoms with Crippen LogP contribution in [0.4, 0.5) is 35.9 Å². The Kier molecular flexibility index (Phi) is 9.46. The Hall–Kier alpha value is -4.48. The molecule has 0 aliphatic heterocycles. The van der Waals surface area contributed by atoms with E-state index < -0.39 is 23.7 Å². The molecule has 0 aliphatic carbocycles. The lowest BCUT2D eigenvalue weighted by molar-refractivity contribution is -0.687. The first kappa shape index (κ1) is 30.1. The van der Waals surface area contributed by atoms with Crippen molar-refractivity contribution in [3.05, 3.63) is 107 Å². The zero-order valence-electron chi connectivity index (χ0n) is 21.2. The van der Waals surface area contributed by atoms with Crippen molar-refractivity contribution in [2.24, 2.45) is 7.05 Å². The minimum Gasteiger partial charge on any atom is -1.00 e. The van der Waals surface area contributed by atoms with E-state index in [2.05, 4.69) is 10.6 Å². The molecule has 3 aromatic carbocycles. The molecule has 4 rings (SSSR count). The van der Waals surface area contributed by atoms with Gasteiger partial charge in [0.2, 0.25) is 0 Å². The van der Waals surface area contributed by atoms with Gasteiger partial charge in [0.25, 0.3) is 0 Å². The number of rotatable bonds is 10. The number of aromatic carboxylic acids is 2. The van der Waals surface area contributed by atoms with Gasteiger partial charge >= 0.3 is 18.1 Å². The maximum atomic E-state index is 13.5. The number of halogens is 4. The Morgan fingerprint density at radius 2 is 1.45 bits per heavy atom. The van der Waals surface area contributed by atoms with Crippen molar-refractivity contribution in [1.82, 2.24) is 4.57 Å². The largest absolute Gasteiger partial charge is 1.00 e. The highest BCUT2D eigenvalue weighted by atomic mass is 35.5. The molecule has 0 aliphatic rings. The summed E-state index contributed by atoms with van der Waals surface area (Å²) in [6.07, 6.45) is -2.72. The van der Waals surface area contributed by atoms with Crippen LogP contribution in [0.5, 0.6) is 0 Å². The van der Waals surface area contributed by atoms with Crippen LogP contribution in [0.25, 0.3) is 0 Å². The van der Waals surface area contributed by atoms with Gasteiger partial charge in [0.05, 0.1) is 45.1 Å². The number of aromatic nitrogens is 1. The Morgan fingerprint density at radius 1 is 0.800 bits per heavy atom. The highest BCUT2D eigenvalue weighted by Gasteiger charge is 2.31. The average molecular weight is 575 g/mol. The van der Waals surface area contributed by atoms with Crippen molar-refractivity contribution in [2.45, 2.75) is 19.3 Å². The monoisotopic (exact) mass is 574 g/mol. The minimum atomic E-state index is -4.65. The van der Waals surface area contributed by atoms with Gasteiger partial charge in [0.1, 0.15) is 13.1 Å². The highest BCUT2D eigenvalue weighted by Crippen LogP contribution is 2.37. The van der Waals surface area contributed by atoms with Gasteiger partial charge < -0.3 is 43.1 Å². The maximum Gasteiger partial charge on any atom is 0.416 e. The average Bonchev–Trinajstić information content (AvgIpc) is 3.29. The molecule has 1 heterocycles. The first-order chi connectivity index (χ1) is 18.5. The summed E-state index contributed by atoms with van der Waals surface area (Å²) in [5.41, 5.74) is 0.984. The Morgan fingerprint density at radius 3 is 2.10 bits per heavy atom. The van der Waals surface area contributed by atoms with Crippen molar-refractivity contribution < 1.29 is 50.7 Å². The molecule has 0 unspecified atom stereocenters. The second-order valence-electron chi connectivity index (χ2n) is 8.85. The molecule has 0 fully saturated rings. The number of nitrogens with zero attached hydrogens (tertiary/aromatic N) is 1. The number of carboxylic acid groups (broad SMARTS) is 2. The van der Waals surface area contributed by atoms with E-state index in [4.69, 9.17) is 0 Å².